The van der Waals surface area contributed by atoms with Gasteiger partial charge in [-0.05, 0) is 35.9 Å². The van der Waals surface area contributed by atoms with Crippen LogP contribution < -0.4 is 10.1 Å². The van der Waals surface area contributed by atoms with Gasteiger partial charge in [-0.25, -0.2) is 0 Å². The van der Waals surface area contributed by atoms with E-state index in [1.807, 2.05) is 36.4 Å². The number of aliphatic carboxylic acids is 1. The topological polar surface area (TPSA) is 58.6 Å². The summed E-state index contributed by atoms with van der Waals surface area (Å²) in [6, 6.07) is 16.4. The quantitative estimate of drug-likeness (QED) is 0.562. The van der Waals surface area contributed by atoms with E-state index in [2.05, 4.69) is 5.32 Å². The van der Waals surface area contributed by atoms with E-state index in [1.54, 1.807) is 25.1 Å². The number of fused-ring (bicyclic) bond motifs is 1. The molecule has 27 heavy (non-hydrogen) atoms. The summed E-state index contributed by atoms with van der Waals surface area (Å²) < 4.78 is 6.03. The van der Waals surface area contributed by atoms with Gasteiger partial charge in [0.05, 0.1) is 0 Å². The Morgan fingerprint density at radius 2 is 1.74 bits per heavy atom. The molecule has 1 atom stereocenters. The third-order valence-corrected chi connectivity index (χ3v) is 5.09. The van der Waals surface area contributed by atoms with Crippen molar-refractivity contribution in [2.75, 3.05) is 0 Å². The molecule has 0 bridgehead atoms. The number of ether oxygens (including phenoxy) is 1. The fourth-order valence-corrected chi connectivity index (χ4v) is 3.30. The number of halogens is 2. The largest absolute Gasteiger partial charge is 0.488 e. The van der Waals surface area contributed by atoms with Crippen molar-refractivity contribution in [2.24, 2.45) is 0 Å². The molecule has 3 rings (SSSR count). The van der Waals surface area contributed by atoms with Crippen molar-refractivity contribution in [3.8, 4) is 5.75 Å². The van der Waals surface area contributed by atoms with Gasteiger partial charge in [-0.15, -0.1) is 0 Å². The lowest BCUT2D eigenvalue weighted by Crippen LogP contribution is -2.33. The number of nitrogens with one attached hydrogen (secondary N) is 1. The van der Waals surface area contributed by atoms with Crippen LogP contribution in [0.5, 0.6) is 5.75 Å². The smallest absolute Gasteiger partial charge is 0.320 e. The van der Waals surface area contributed by atoms with Crippen LogP contribution in [0.25, 0.3) is 10.8 Å². The van der Waals surface area contributed by atoms with Crippen LogP contribution in [-0.4, -0.2) is 17.1 Å². The number of hydrogen-bond donors (Lipinski definition) is 2. The molecule has 0 aliphatic heterocycles. The van der Waals surface area contributed by atoms with Gasteiger partial charge in [-0.2, -0.15) is 0 Å². The molecule has 0 spiro atoms. The monoisotopic (exact) mass is 403 g/mol. The molecule has 6 heteroatoms. The average molecular weight is 404 g/mol. The second-order valence-electron chi connectivity index (χ2n) is 6.19. The zero-order chi connectivity index (χ0) is 19.4. The second-order valence-corrected chi connectivity index (χ2v) is 7.01. The van der Waals surface area contributed by atoms with E-state index in [0.717, 1.165) is 16.3 Å². The molecule has 0 amide bonds. The highest BCUT2D eigenvalue weighted by atomic mass is 35.5. The highest BCUT2D eigenvalue weighted by molar-refractivity contribution is 6.35. The molecular formula is C21H19Cl2NO3. The van der Waals surface area contributed by atoms with Crippen LogP contribution >= 0.6 is 23.2 Å². The lowest BCUT2D eigenvalue weighted by Gasteiger charge is -2.17. The Labute approximate surface area is 167 Å². The van der Waals surface area contributed by atoms with Crippen molar-refractivity contribution in [2.45, 2.75) is 26.1 Å². The first-order chi connectivity index (χ1) is 13.0. The summed E-state index contributed by atoms with van der Waals surface area (Å²) in [4.78, 5) is 11.1. The van der Waals surface area contributed by atoms with Gasteiger partial charge < -0.3 is 15.2 Å². The molecule has 0 aliphatic rings. The number of rotatable bonds is 7. The molecular weight excluding hydrogens is 385 g/mol. The van der Waals surface area contributed by atoms with E-state index in [9.17, 15) is 4.79 Å². The number of carboxylic acid groups (broad SMARTS) is 1. The van der Waals surface area contributed by atoms with Gasteiger partial charge in [-0.3, -0.25) is 4.79 Å². The fraction of sp³-hybridized carbons (Fsp3) is 0.190. The third-order valence-electron chi connectivity index (χ3n) is 4.39. The normalized spacial score (nSPS) is 12.1. The molecule has 0 heterocycles. The van der Waals surface area contributed by atoms with Crippen LogP contribution in [0.4, 0.5) is 0 Å². The van der Waals surface area contributed by atoms with Crippen LogP contribution in [0.1, 0.15) is 18.1 Å². The molecule has 0 aromatic heterocycles. The van der Waals surface area contributed by atoms with E-state index in [-0.39, 0.29) is 6.61 Å². The average Bonchev–Trinajstić information content (AvgIpc) is 2.65. The maximum atomic E-state index is 11.1. The maximum Gasteiger partial charge on any atom is 0.320 e. The summed E-state index contributed by atoms with van der Waals surface area (Å²) in [6.07, 6.45) is 0. The predicted molar refractivity (Wildman–Crippen MR) is 109 cm³/mol. The van der Waals surface area contributed by atoms with Gasteiger partial charge in [0, 0.05) is 27.7 Å². The maximum absolute atomic E-state index is 11.1. The summed E-state index contributed by atoms with van der Waals surface area (Å²) in [5, 5.41) is 15.3. The van der Waals surface area contributed by atoms with E-state index >= 15 is 0 Å². The van der Waals surface area contributed by atoms with Crippen LogP contribution in [0, 0.1) is 0 Å². The standard InChI is InChI=1S/C21H19Cl2NO3/c1-13(21(25)26)24-11-16-15-6-3-2-5-14(15)9-10-20(16)27-12-17-18(22)7-4-8-19(17)23/h2-10,13,24H,11-12H2,1H3,(H,25,26). The second kappa shape index (κ2) is 8.61. The van der Waals surface area contributed by atoms with Crippen molar-refractivity contribution in [1.82, 2.24) is 5.32 Å². The van der Waals surface area contributed by atoms with E-state index in [1.165, 1.54) is 0 Å². The molecule has 3 aromatic rings. The number of hydrogen-bond acceptors (Lipinski definition) is 3. The van der Waals surface area contributed by atoms with Gasteiger partial charge in [0.15, 0.2) is 0 Å². The molecule has 0 saturated carbocycles. The molecule has 4 nitrogen and oxygen atoms in total. The van der Waals surface area contributed by atoms with Crippen LogP contribution in [-0.2, 0) is 17.9 Å². The Balaban J connectivity index is 1.91. The number of carbonyl (C=O) groups is 1. The molecule has 0 fully saturated rings. The van der Waals surface area contributed by atoms with Gasteiger partial charge in [0.2, 0.25) is 0 Å². The van der Waals surface area contributed by atoms with Crippen molar-refractivity contribution in [1.29, 1.82) is 0 Å². The zero-order valence-electron chi connectivity index (χ0n) is 14.7. The molecule has 140 valence electrons. The predicted octanol–water partition coefficient (Wildman–Crippen LogP) is 5.29. The first kappa shape index (κ1) is 19.5. The Morgan fingerprint density at radius 3 is 2.44 bits per heavy atom. The lowest BCUT2D eigenvalue weighted by molar-refractivity contribution is -0.139. The minimum Gasteiger partial charge on any atom is -0.488 e. The first-order valence-corrected chi connectivity index (χ1v) is 9.25. The Hall–Kier alpha value is -2.27. The third kappa shape index (κ3) is 4.53. The fourth-order valence-electron chi connectivity index (χ4n) is 2.80. The molecule has 0 radical (unpaired) electrons. The molecule has 2 N–H and O–H groups in total. The minimum atomic E-state index is -0.902. The summed E-state index contributed by atoms with van der Waals surface area (Å²) in [6.45, 7) is 2.19. The van der Waals surface area contributed by atoms with Crippen LogP contribution in [0.15, 0.2) is 54.6 Å². The van der Waals surface area contributed by atoms with E-state index in [4.69, 9.17) is 33.0 Å². The highest BCUT2D eigenvalue weighted by Gasteiger charge is 2.15. The van der Waals surface area contributed by atoms with Crippen molar-refractivity contribution in [3.05, 3.63) is 75.8 Å². The number of carboxylic acids is 1. The van der Waals surface area contributed by atoms with Gasteiger partial charge >= 0.3 is 5.97 Å². The Morgan fingerprint density at radius 1 is 1.04 bits per heavy atom. The number of benzene rings is 3. The molecule has 3 aromatic carbocycles. The van der Waals surface area contributed by atoms with Crippen LogP contribution in [0.3, 0.4) is 0 Å². The molecule has 1 unspecified atom stereocenters. The van der Waals surface area contributed by atoms with Gasteiger partial charge in [-0.1, -0.05) is 59.6 Å². The summed E-state index contributed by atoms with van der Waals surface area (Å²) in [5.41, 5.74) is 1.61. The van der Waals surface area contributed by atoms with Crippen molar-refractivity contribution >= 4 is 39.9 Å². The SMILES string of the molecule is CC(NCc1c(OCc2c(Cl)cccc2Cl)ccc2ccccc12)C(=O)O. The van der Waals surface area contributed by atoms with Crippen molar-refractivity contribution < 1.29 is 14.6 Å². The first-order valence-electron chi connectivity index (χ1n) is 8.50. The van der Waals surface area contributed by atoms with Gasteiger partial charge in [0.25, 0.3) is 0 Å². The van der Waals surface area contributed by atoms with E-state index in [0.29, 0.717) is 27.9 Å². The lowest BCUT2D eigenvalue weighted by atomic mass is 10.0. The Kier molecular flexibility index (Phi) is 6.22. The summed E-state index contributed by atoms with van der Waals surface area (Å²) in [7, 11) is 0. The molecule has 0 aliphatic carbocycles. The Bertz CT molecular complexity index is 955. The highest BCUT2D eigenvalue weighted by Crippen LogP contribution is 2.31. The summed E-state index contributed by atoms with van der Waals surface area (Å²) in [5.74, 6) is -0.240. The minimum absolute atomic E-state index is 0.221. The van der Waals surface area contributed by atoms with Gasteiger partial charge in [0.1, 0.15) is 18.4 Å². The van der Waals surface area contributed by atoms with Crippen molar-refractivity contribution in [3.63, 3.8) is 0 Å². The zero-order valence-corrected chi connectivity index (χ0v) is 16.2. The molecule has 0 saturated heterocycles. The summed E-state index contributed by atoms with van der Waals surface area (Å²) >= 11 is 12.5. The van der Waals surface area contributed by atoms with Crippen LogP contribution in [0.2, 0.25) is 10.0 Å². The van der Waals surface area contributed by atoms with E-state index < -0.39 is 12.0 Å².